The van der Waals surface area contributed by atoms with E-state index in [-0.39, 0.29) is 23.7 Å². The third-order valence-corrected chi connectivity index (χ3v) is 6.18. The van der Waals surface area contributed by atoms with E-state index in [1.54, 1.807) is 12.1 Å². The second-order valence-corrected chi connectivity index (χ2v) is 8.15. The van der Waals surface area contributed by atoms with Gasteiger partial charge < -0.3 is 20.2 Å². The van der Waals surface area contributed by atoms with Crippen molar-refractivity contribution in [3.8, 4) is 5.75 Å². The molecule has 3 aromatic carbocycles. The topological polar surface area (TPSA) is 57.0 Å². The number of amides is 1. The van der Waals surface area contributed by atoms with Crippen molar-refractivity contribution in [2.45, 2.75) is 19.0 Å². The van der Waals surface area contributed by atoms with E-state index < -0.39 is 0 Å². The lowest BCUT2D eigenvalue weighted by molar-refractivity contribution is -0.914. The Bertz CT molecular complexity index is 929. The van der Waals surface area contributed by atoms with E-state index in [1.807, 2.05) is 55.5 Å². The lowest BCUT2D eigenvalue weighted by atomic mass is 9.98. The number of benzene rings is 3. The molecule has 1 aliphatic rings. The van der Waals surface area contributed by atoms with E-state index in [4.69, 9.17) is 0 Å². The van der Waals surface area contributed by atoms with Crippen LogP contribution in [-0.4, -0.2) is 43.2 Å². The number of aromatic hydroxyl groups is 1. The van der Waals surface area contributed by atoms with Crippen LogP contribution in [0.1, 0.15) is 24.1 Å². The second-order valence-electron chi connectivity index (χ2n) is 8.15. The predicted molar refractivity (Wildman–Crippen MR) is 123 cm³/mol. The normalized spacial score (nSPS) is 15.6. The van der Waals surface area contributed by atoms with Gasteiger partial charge in [-0.3, -0.25) is 4.79 Å². The van der Waals surface area contributed by atoms with E-state index in [9.17, 15) is 9.90 Å². The molecule has 1 amide bonds. The first-order valence-corrected chi connectivity index (χ1v) is 10.9. The van der Waals surface area contributed by atoms with Gasteiger partial charge in [-0.2, -0.15) is 0 Å². The molecule has 4 rings (SSSR count). The van der Waals surface area contributed by atoms with Crippen molar-refractivity contribution in [1.29, 1.82) is 0 Å². The summed E-state index contributed by atoms with van der Waals surface area (Å²) in [6.07, 6.45) is 0. The Balaban J connectivity index is 1.41. The third-order valence-electron chi connectivity index (χ3n) is 6.18. The number of carbonyl (C=O) groups excluding carboxylic acids is 1. The van der Waals surface area contributed by atoms with E-state index in [0.29, 0.717) is 0 Å². The summed E-state index contributed by atoms with van der Waals surface area (Å²) in [5.41, 5.74) is 3.28. The average molecular weight is 417 g/mol. The summed E-state index contributed by atoms with van der Waals surface area (Å²) in [5.74, 6) is 0.357. The van der Waals surface area contributed by atoms with E-state index in [0.717, 1.165) is 43.0 Å². The van der Waals surface area contributed by atoms with Gasteiger partial charge in [-0.1, -0.05) is 60.7 Å². The van der Waals surface area contributed by atoms with Crippen molar-refractivity contribution in [3.05, 3.63) is 96.1 Å². The summed E-state index contributed by atoms with van der Waals surface area (Å²) < 4.78 is 0. The molecule has 1 fully saturated rings. The van der Waals surface area contributed by atoms with Gasteiger partial charge in [-0.25, -0.2) is 0 Å². The Hall–Kier alpha value is -3.31. The van der Waals surface area contributed by atoms with Crippen LogP contribution in [0.4, 0.5) is 5.69 Å². The highest BCUT2D eigenvalue weighted by atomic mass is 16.3. The second kappa shape index (κ2) is 9.67. The molecule has 1 saturated heterocycles. The van der Waals surface area contributed by atoms with Gasteiger partial charge in [0.2, 0.25) is 0 Å². The number of piperazine rings is 1. The summed E-state index contributed by atoms with van der Waals surface area (Å²) in [7, 11) is 0. The quantitative estimate of drug-likeness (QED) is 0.578. The van der Waals surface area contributed by atoms with Gasteiger partial charge in [0.15, 0.2) is 6.04 Å². The summed E-state index contributed by atoms with van der Waals surface area (Å²) >= 11 is 0. The maximum atomic E-state index is 13.2. The van der Waals surface area contributed by atoms with Crippen molar-refractivity contribution in [3.63, 3.8) is 0 Å². The van der Waals surface area contributed by atoms with Gasteiger partial charge in [0.05, 0.1) is 32.2 Å². The number of hydrogen-bond donors (Lipinski definition) is 3. The standard InChI is InChI=1S/C26H29N3O2/c1-20(28-16-18-29(19-17-28)23-12-14-24(30)15-13-23)26(31)27-25(21-8-4-2-5-9-21)22-10-6-3-7-11-22/h2-15,20,25,30H,16-19H2,1H3,(H,27,31)/p+1/t20-/m0/s1. The number of rotatable bonds is 6. The van der Waals surface area contributed by atoms with Crippen LogP contribution in [0.2, 0.25) is 0 Å². The van der Waals surface area contributed by atoms with Crippen LogP contribution in [0.15, 0.2) is 84.9 Å². The highest BCUT2D eigenvalue weighted by Crippen LogP contribution is 2.22. The van der Waals surface area contributed by atoms with Gasteiger partial charge in [0.25, 0.3) is 5.91 Å². The van der Waals surface area contributed by atoms with E-state index in [1.165, 1.54) is 4.90 Å². The fraction of sp³-hybridized carbons (Fsp3) is 0.269. The predicted octanol–water partition coefficient (Wildman–Crippen LogP) is 2.39. The zero-order chi connectivity index (χ0) is 21.6. The maximum absolute atomic E-state index is 13.2. The molecule has 0 saturated carbocycles. The molecule has 31 heavy (non-hydrogen) atoms. The molecule has 0 spiro atoms. The van der Waals surface area contributed by atoms with E-state index in [2.05, 4.69) is 34.5 Å². The zero-order valence-corrected chi connectivity index (χ0v) is 17.9. The molecular weight excluding hydrogens is 386 g/mol. The Morgan fingerprint density at radius 3 is 1.90 bits per heavy atom. The van der Waals surface area contributed by atoms with Crippen LogP contribution in [0, 0.1) is 0 Å². The fourth-order valence-corrected chi connectivity index (χ4v) is 4.25. The summed E-state index contributed by atoms with van der Waals surface area (Å²) in [5, 5.41) is 12.8. The molecule has 160 valence electrons. The molecule has 0 aromatic heterocycles. The third kappa shape index (κ3) is 5.06. The molecule has 5 heteroatoms. The summed E-state index contributed by atoms with van der Waals surface area (Å²) in [6, 6.07) is 27.3. The van der Waals surface area contributed by atoms with Crippen LogP contribution < -0.4 is 15.1 Å². The van der Waals surface area contributed by atoms with Crippen molar-refractivity contribution in [2.24, 2.45) is 0 Å². The molecule has 0 bridgehead atoms. The number of phenolic OH excluding ortho intramolecular Hbond substituents is 1. The highest BCUT2D eigenvalue weighted by molar-refractivity contribution is 5.81. The first-order valence-electron chi connectivity index (χ1n) is 10.9. The first-order chi connectivity index (χ1) is 15.1. The Morgan fingerprint density at radius 1 is 0.871 bits per heavy atom. The van der Waals surface area contributed by atoms with Gasteiger partial charge in [0, 0.05) is 5.69 Å². The molecule has 3 N–H and O–H groups in total. The number of phenols is 1. The first kappa shape index (κ1) is 20.9. The molecule has 0 unspecified atom stereocenters. The maximum Gasteiger partial charge on any atom is 0.278 e. The Labute approximate surface area is 183 Å². The average Bonchev–Trinajstić information content (AvgIpc) is 2.83. The SMILES string of the molecule is C[C@@H](C(=O)NC(c1ccccc1)c1ccccc1)[NH+]1CCN(c2ccc(O)cc2)CC1. The minimum absolute atomic E-state index is 0.0748. The molecule has 0 radical (unpaired) electrons. The lowest BCUT2D eigenvalue weighted by Crippen LogP contribution is -3.19. The van der Waals surface area contributed by atoms with Crippen molar-refractivity contribution < 1.29 is 14.8 Å². The molecular formula is C26H30N3O2+. The molecule has 1 atom stereocenters. The van der Waals surface area contributed by atoms with Gasteiger partial charge in [-0.05, 0) is 42.3 Å². The number of nitrogens with zero attached hydrogens (tertiary/aromatic N) is 1. The highest BCUT2D eigenvalue weighted by Gasteiger charge is 2.31. The molecule has 0 aliphatic carbocycles. The number of quaternary nitrogens is 1. The fourth-order valence-electron chi connectivity index (χ4n) is 4.25. The number of nitrogens with one attached hydrogen (secondary N) is 2. The minimum atomic E-state index is -0.157. The van der Waals surface area contributed by atoms with Gasteiger partial charge >= 0.3 is 0 Å². The zero-order valence-electron chi connectivity index (χ0n) is 17.9. The monoisotopic (exact) mass is 416 g/mol. The van der Waals surface area contributed by atoms with Crippen LogP contribution in [-0.2, 0) is 4.79 Å². The molecule has 1 aliphatic heterocycles. The summed E-state index contributed by atoms with van der Waals surface area (Å²) in [6.45, 7) is 5.60. The largest absolute Gasteiger partial charge is 0.508 e. The molecule has 3 aromatic rings. The van der Waals surface area contributed by atoms with Crippen molar-refractivity contribution in [2.75, 3.05) is 31.1 Å². The molecule has 1 heterocycles. The van der Waals surface area contributed by atoms with Crippen LogP contribution in [0.3, 0.4) is 0 Å². The Morgan fingerprint density at radius 2 is 1.39 bits per heavy atom. The summed E-state index contributed by atoms with van der Waals surface area (Å²) in [4.78, 5) is 16.8. The number of carbonyl (C=O) groups is 1. The van der Waals surface area contributed by atoms with E-state index >= 15 is 0 Å². The van der Waals surface area contributed by atoms with Crippen LogP contribution in [0.25, 0.3) is 0 Å². The number of anilines is 1. The number of hydrogen-bond acceptors (Lipinski definition) is 3. The van der Waals surface area contributed by atoms with Crippen molar-refractivity contribution in [1.82, 2.24) is 5.32 Å². The van der Waals surface area contributed by atoms with Crippen molar-refractivity contribution >= 4 is 11.6 Å². The lowest BCUT2D eigenvalue weighted by Gasteiger charge is -2.36. The van der Waals surface area contributed by atoms with Gasteiger partial charge in [-0.15, -0.1) is 0 Å². The smallest absolute Gasteiger partial charge is 0.278 e. The minimum Gasteiger partial charge on any atom is -0.508 e. The van der Waals surface area contributed by atoms with Crippen LogP contribution in [0.5, 0.6) is 5.75 Å². The van der Waals surface area contributed by atoms with Crippen LogP contribution >= 0.6 is 0 Å². The molecule has 5 nitrogen and oxygen atoms in total. The Kier molecular flexibility index (Phi) is 6.53. The van der Waals surface area contributed by atoms with Gasteiger partial charge in [0.1, 0.15) is 5.75 Å².